The predicted molar refractivity (Wildman–Crippen MR) is 91.8 cm³/mol. The van der Waals surface area contributed by atoms with Gasteiger partial charge in [0.05, 0.1) is 5.52 Å². The smallest absolute Gasteiger partial charge is 0.268 e. The van der Waals surface area contributed by atoms with Gasteiger partial charge in [0.1, 0.15) is 11.5 Å². The monoisotopic (exact) mass is 310 g/mol. The molecule has 0 aliphatic heterocycles. The molecule has 0 fully saturated rings. The highest BCUT2D eigenvalue weighted by Crippen LogP contribution is 2.25. The lowest BCUT2D eigenvalue weighted by molar-refractivity contribution is 0.0945. The van der Waals surface area contributed by atoms with Crippen molar-refractivity contribution in [2.45, 2.75) is 33.7 Å². The standard InChI is InChI=1S/C19H22N2O2/c1-4-8-20-19(22)17-11-18-16(10-14(3)23-18)21(17)12-15-7-5-6-13(2)9-15/h5-7,9-11H,4,8,12H2,1-3H3,(H,20,22). The number of fused-ring (bicyclic) bond motifs is 1. The van der Waals surface area contributed by atoms with Crippen molar-refractivity contribution in [1.82, 2.24) is 9.88 Å². The molecule has 0 radical (unpaired) electrons. The van der Waals surface area contributed by atoms with Crippen LogP contribution < -0.4 is 5.32 Å². The summed E-state index contributed by atoms with van der Waals surface area (Å²) in [6, 6.07) is 12.2. The Kier molecular flexibility index (Phi) is 4.24. The summed E-state index contributed by atoms with van der Waals surface area (Å²) in [5.74, 6) is 0.803. The van der Waals surface area contributed by atoms with Gasteiger partial charge in [0.2, 0.25) is 0 Å². The Labute approximate surface area is 136 Å². The summed E-state index contributed by atoms with van der Waals surface area (Å²) in [6.07, 6.45) is 0.916. The van der Waals surface area contributed by atoms with E-state index in [0.717, 1.165) is 23.3 Å². The van der Waals surface area contributed by atoms with E-state index in [1.165, 1.54) is 11.1 Å². The molecule has 4 heteroatoms. The van der Waals surface area contributed by atoms with Gasteiger partial charge in [-0.15, -0.1) is 0 Å². The fraction of sp³-hybridized carbons (Fsp3) is 0.316. The van der Waals surface area contributed by atoms with Crippen LogP contribution in [-0.2, 0) is 6.54 Å². The number of amides is 1. The van der Waals surface area contributed by atoms with Crippen molar-refractivity contribution in [2.75, 3.05) is 6.54 Å². The van der Waals surface area contributed by atoms with Crippen molar-refractivity contribution in [3.63, 3.8) is 0 Å². The maximum Gasteiger partial charge on any atom is 0.268 e. The van der Waals surface area contributed by atoms with Gasteiger partial charge in [-0.1, -0.05) is 36.8 Å². The molecule has 1 amide bonds. The highest BCUT2D eigenvalue weighted by atomic mass is 16.3. The number of nitrogens with one attached hydrogen (secondary N) is 1. The molecule has 0 aliphatic rings. The van der Waals surface area contributed by atoms with Crippen LogP contribution in [0.1, 0.15) is 40.7 Å². The van der Waals surface area contributed by atoms with Gasteiger partial charge in [-0.05, 0) is 25.8 Å². The fourth-order valence-electron chi connectivity index (χ4n) is 2.85. The van der Waals surface area contributed by atoms with Crippen LogP contribution in [0.15, 0.2) is 40.8 Å². The van der Waals surface area contributed by atoms with Gasteiger partial charge in [-0.25, -0.2) is 0 Å². The van der Waals surface area contributed by atoms with Crippen molar-refractivity contribution in [3.8, 4) is 0 Å². The molecule has 1 aromatic carbocycles. The SMILES string of the molecule is CCCNC(=O)c1cc2oc(C)cc2n1Cc1cccc(C)c1. The van der Waals surface area contributed by atoms with Crippen LogP contribution in [0.2, 0.25) is 0 Å². The van der Waals surface area contributed by atoms with E-state index in [9.17, 15) is 4.79 Å². The molecule has 0 bridgehead atoms. The molecule has 3 aromatic rings. The van der Waals surface area contributed by atoms with Gasteiger partial charge in [0.25, 0.3) is 5.91 Å². The molecule has 0 atom stereocenters. The van der Waals surface area contributed by atoms with Crippen molar-refractivity contribution in [2.24, 2.45) is 0 Å². The first-order valence-corrected chi connectivity index (χ1v) is 8.02. The number of benzene rings is 1. The van der Waals surface area contributed by atoms with Crippen molar-refractivity contribution < 1.29 is 9.21 Å². The van der Waals surface area contributed by atoms with Gasteiger partial charge < -0.3 is 14.3 Å². The third-order valence-corrected chi connectivity index (χ3v) is 3.90. The normalized spacial score (nSPS) is 11.1. The molecule has 120 valence electrons. The minimum atomic E-state index is -0.0523. The molecule has 0 spiro atoms. The Morgan fingerprint density at radius 2 is 2.04 bits per heavy atom. The van der Waals surface area contributed by atoms with Crippen molar-refractivity contribution >= 4 is 17.0 Å². The summed E-state index contributed by atoms with van der Waals surface area (Å²) in [4.78, 5) is 12.5. The lowest BCUT2D eigenvalue weighted by Crippen LogP contribution is -2.26. The van der Waals surface area contributed by atoms with E-state index in [1.807, 2.05) is 36.6 Å². The van der Waals surface area contributed by atoms with Crippen LogP contribution in [0.25, 0.3) is 11.1 Å². The second kappa shape index (κ2) is 6.32. The minimum Gasteiger partial charge on any atom is -0.460 e. The Morgan fingerprint density at radius 3 is 2.78 bits per heavy atom. The first-order valence-electron chi connectivity index (χ1n) is 8.02. The Morgan fingerprint density at radius 1 is 1.22 bits per heavy atom. The lowest BCUT2D eigenvalue weighted by atomic mass is 10.1. The fourth-order valence-corrected chi connectivity index (χ4v) is 2.85. The van der Waals surface area contributed by atoms with Crippen LogP contribution in [-0.4, -0.2) is 17.0 Å². The summed E-state index contributed by atoms with van der Waals surface area (Å²) >= 11 is 0. The zero-order chi connectivity index (χ0) is 16.4. The highest BCUT2D eigenvalue weighted by Gasteiger charge is 2.18. The number of carbonyl (C=O) groups excluding carboxylic acids is 1. The van der Waals surface area contributed by atoms with Gasteiger partial charge in [0.15, 0.2) is 5.58 Å². The number of furan rings is 1. The molecular weight excluding hydrogens is 288 g/mol. The molecule has 1 N–H and O–H groups in total. The molecule has 0 unspecified atom stereocenters. The number of rotatable bonds is 5. The highest BCUT2D eigenvalue weighted by molar-refractivity contribution is 5.97. The third kappa shape index (κ3) is 3.16. The second-order valence-corrected chi connectivity index (χ2v) is 5.97. The Bertz CT molecular complexity index is 842. The molecule has 3 rings (SSSR count). The van der Waals surface area contributed by atoms with E-state index in [1.54, 1.807) is 0 Å². The van der Waals surface area contributed by atoms with Crippen LogP contribution in [0, 0.1) is 13.8 Å². The van der Waals surface area contributed by atoms with Gasteiger partial charge >= 0.3 is 0 Å². The van der Waals surface area contributed by atoms with Crippen molar-refractivity contribution in [1.29, 1.82) is 0 Å². The molecule has 2 heterocycles. The lowest BCUT2D eigenvalue weighted by Gasteiger charge is -2.11. The number of nitrogens with zero attached hydrogens (tertiary/aromatic N) is 1. The maximum atomic E-state index is 12.5. The Hall–Kier alpha value is -2.49. The van der Waals surface area contributed by atoms with Gasteiger partial charge in [-0.3, -0.25) is 4.79 Å². The van der Waals surface area contributed by atoms with E-state index >= 15 is 0 Å². The first-order chi connectivity index (χ1) is 11.1. The zero-order valence-corrected chi connectivity index (χ0v) is 13.8. The maximum absolute atomic E-state index is 12.5. The van der Waals surface area contributed by atoms with Crippen LogP contribution in [0.3, 0.4) is 0 Å². The molecule has 4 nitrogen and oxygen atoms in total. The molecule has 0 aliphatic carbocycles. The van der Waals surface area contributed by atoms with E-state index in [0.29, 0.717) is 18.8 Å². The van der Waals surface area contributed by atoms with E-state index in [4.69, 9.17) is 4.42 Å². The average molecular weight is 310 g/mol. The zero-order valence-electron chi connectivity index (χ0n) is 13.8. The van der Waals surface area contributed by atoms with Crippen LogP contribution >= 0.6 is 0 Å². The summed E-state index contributed by atoms with van der Waals surface area (Å²) < 4.78 is 7.74. The summed E-state index contributed by atoms with van der Waals surface area (Å²) in [6.45, 7) is 7.37. The summed E-state index contributed by atoms with van der Waals surface area (Å²) in [5.41, 5.74) is 4.76. The molecule has 23 heavy (non-hydrogen) atoms. The van der Waals surface area contributed by atoms with Crippen LogP contribution in [0.4, 0.5) is 0 Å². The molecule has 0 saturated heterocycles. The van der Waals surface area contributed by atoms with Crippen LogP contribution in [0.5, 0.6) is 0 Å². The van der Waals surface area contributed by atoms with Gasteiger partial charge in [-0.2, -0.15) is 0 Å². The Balaban J connectivity index is 2.02. The molecular formula is C19H22N2O2. The molecule has 2 aromatic heterocycles. The largest absolute Gasteiger partial charge is 0.460 e. The predicted octanol–water partition coefficient (Wildman–Crippen LogP) is 4.04. The van der Waals surface area contributed by atoms with Crippen molar-refractivity contribution in [3.05, 3.63) is 59.0 Å². The number of carbonyl (C=O) groups is 1. The van der Waals surface area contributed by atoms with E-state index in [-0.39, 0.29) is 5.91 Å². The third-order valence-electron chi connectivity index (χ3n) is 3.90. The number of aromatic nitrogens is 1. The topological polar surface area (TPSA) is 47.2 Å². The first kappa shape index (κ1) is 15.4. The summed E-state index contributed by atoms with van der Waals surface area (Å²) in [7, 11) is 0. The number of hydrogen-bond acceptors (Lipinski definition) is 2. The second-order valence-electron chi connectivity index (χ2n) is 5.97. The number of hydrogen-bond donors (Lipinski definition) is 1. The van der Waals surface area contributed by atoms with E-state index < -0.39 is 0 Å². The van der Waals surface area contributed by atoms with E-state index in [2.05, 4.69) is 30.4 Å². The minimum absolute atomic E-state index is 0.0523. The number of aryl methyl sites for hydroxylation is 2. The average Bonchev–Trinajstić information content (AvgIpc) is 3.02. The quantitative estimate of drug-likeness (QED) is 0.773. The molecule has 0 saturated carbocycles. The summed E-state index contributed by atoms with van der Waals surface area (Å²) in [5, 5.41) is 2.95. The van der Waals surface area contributed by atoms with Gasteiger partial charge in [0, 0.05) is 25.2 Å².